The van der Waals surface area contributed by atoms with Crippen LogP contribution >= 0.6 is 0 Å². The zero-order valence-electron chi connectivity index (χ0n) is 31.8. The lowest BCUT2D eigenvalue weighted by Crippen LogP contribution is -2.59. The molecular formula is C34H59N15O7. The van der Waals surface area contributed by atoms with Crippen LogP contribution in [0.2, 0.25) is 0 Å². The predicted octanol–water partition coefficient (Wildman–Crippen LogP) is -3.86. The van der Waals surface area contributed by atoms with Gasteiger partial charge >= 0.3 is 5.97 Å². The van der Waals surface area contributed by atoms with Crippen LogP contribution in [0.1, 0.15) is 57.9 Å². The Kier molecular flexibility index (Phi) is 22.0. The Morgan fingerprint density at radius 3 is 1.59 bits per heavy atom. The molecule has 1 rings (SSSR count). The van der Waals surface area contributed by atoms with Crippen LogP contribution in [0.3, 0.4) is 0 Å². The van der Waals surface area contributed by atoms with E-state index in [-0.39, 0.29) is 69.5 Å². The molecular weight excluding hydrogens is 730 g/mol. The Bertz CT molecular complexity index is 1500. The number of benzene rings is 1. The maximum absolute atomic E-state index is 13.9. The molecule has 1 aromatic carbocycles. The van der Waals surface area contributed by atoms with Crippen molar-refractivity contribution in [3.63, 3.8) is 0 Å². The zero-order chi connectivity index (χ0) is 42.2. The molecule has 20 N–H and O–H groups in total. The van der Waals surface area contributed by atoms with E-state index in [1.54, 1.807) is 44.2 Å². The molecule has 0 bridgehead atoms. The molecule has 0 unspecified atom stereocenters. The molecule has 0 radical (unpaired) electrons. The van der Waals surface area contributed by atoms with Crippen LogP contribution in [0.5, 0.6) is 0 Å². The predicted molar refractivity (Wildman–Crippen MR) is 209 cm³/mol. The zero-order valence-corrected chi connectivity index (χ0v) is 31.8. The quantitative estimate of drug-likeness (QED) is 0.0243. The minimum atomic E-state index is -1.34. The standard InChI is InChI=1S/C34H59N15O7/c1-19(2)26(49-25(50)18-45-27(51)21(35)11-6-14-42-32(36)37)30(54)48-24(17-20-9-4-3-5-10-20)29(53)46-22(12-7-15-43-33(38)39)28(52)47-23(31(55)56)13-8-16-44-34(40)41/h3-5,9-10,19,21-24,26H,6-8,11-18,35H2,1-2H3,(H,45,51)(H,46,53)(H,47,52)(H,48,54)(H,49,50)(H,55,56)(H4,36,37,42)(H4,38,39,43)(H4,40,41,44)/t21-,22-,23-,24-,26-/m0/s1. The lowest BCUT2D eigenvalue weighted by atomic mass is 10.0. The number of aliphatic carboxylic acids is 1. The monoisotopic (exact) mass is 789 g/mol. The average molecular weight is 790 g/mol. The van der Waals surface area contributed by atoms with E-state index in [9.17, 15) is 33.9 Å². The highest BCUT2D eigenvalue weighted by atomic mass is 16.4. The van der Waals surface area contributed by atoms with Gasteiger partial charge < -0.3 is 70.6 Å². The van der Waals surface area contributed by atoms with E-state index in [1.165, 1.54) is 0 Å². The summed E-state index contributed by atoms with van der Waals surface area (Å²) in [7, 11) is 0. The number of rotatable bonds is 26. The number of carboxylic acids is 1. The van der Waals surface area contributed by atoms with Crippen LogP contribution in [-0.2, 0) is 35.2 Å². The normalized spacial score (nSPS) is 13.4. The minimum Gasteiger partial charge on any atom is -0.480 e. The number of carbonyl (C=O) groups is 6. The molecule has 22 nitrogen and oxygen atoms in total. The second kappa shape index (κ2) is 25.8. The lowest BCUT2D eigenvalue weighted by molar-refractivity contribution is -0.142. The van der Waals surface area contributed by atoms with Crippen molar-refractivity contribution >= 4 is 53.4 Å². The molecule has 0 aromatic heterocycles. The van der Waals surface area contributed by atoms with Crippen LogP contribution in [0.4, 0.5) is 0 Å². The van der Waals surface area contributed by atoms with Crippen molar-refractivity contribution in [2.45, 2.75) is 89.0 Å². The smallest absolute Gasteiger partial charge is 0.326 e. The van der Waals surface area contributed by atoms with Crippen molar-refractivity contribution in [2.24, 2.45) is 28.9 Å². The second-order valence-electron chi connectivity index (χ2n) is 13.3. The Hall–Kier alpha value is -6.19. The van der Waals surface area contributed by atoms with Gasteiger partial charge in [0.1, 0.15) is 24.2 Å². The van der Waals surface area contributed by atoms with E-state index in [4.69, 9.17) is 39.2 Å². The van der Waals surface area contributed by atoms with Gasteiger partial charge in [0.05, 0.1) is 12.6 Å². The highest BCUT2D eigenvalue weighted by molar-refractivity contribution is 5.96. The largest absolute Gasteiger partial charge is 0.480 e. The molecule has 0 saturated carbocycles. The van der Waals surface area contributed by atoms with E-state index in [1.807, 2.05) is 0 Å². The lowest BCUT2D eigenvalue weighted by Gasteiger charge is -2.27. The van der Waals surface area contributed by atoms with Crippen molar-refractivity contribution in [3.05, 3.63) is 35.9 Å². The Balaban J connectivity index is 3.15. The maximum Gasteiger partial charge on any atom is 0.326 e. The summed E-state index contributed by atoms with van der Waals surface area (Å²) in [5, 5.41) is 52.1. The summed E-state index contributed by atoms with van der Waals surface area (Å²) in [5.41, 5.74) is 22.4. The molecule has 56 heavy (non-hydrogen) atoms. The van der Waals surface area contributed by atoms with Gasteiger partial charge in [0.2, 0.25) is 29.5 Å². The summed E-state index contributed by atoms with van der Waals surface area (Å²) in [5.74, 6) is -6.19. The Labute approximate surface area is 325 Å². The van der Waals surface area contributed by atoms with Gasteiger partial charge in [-0.05, 0) is 50.0 Å². The fraction of sp³-hybridized carbons (Fsp3) is 0.559. The van der Waals surface area contributed by atoms with Crippen molar-refractivity contribution in [3.8, 4) is 0 Å². The fourth-order valence-corrected chi connectivity index (χ4v) is 5.18. The van der Waals surface area contributed by atoms with Crippen molar-refractivity contribution in [2.75, 3.05) is 26.2 Å². The molecule has 1 aromatic rings. The van der Waals surface area contributed by atoms with E-state index < -0.39 is 78.2 Å². The SMILES string of the molecule is CC(C)[C@H](NC(=O)CNC(=O)[C@@H](N)CCCNC(=N)N)C(=O)N[C@@H](Cc1ccccc1)C(=O)N[C@@H](CCCNC(=N)N)C(=O)N[C@@H](CCCNC(=N)N)C(=O)O. The van der Waals surface area contributed by atoms with Crippen molar-refractivity contribution in [1.29, 1.82) is 16.2 Å². The number of nitrogens with two attached hydrogens (primary N) is 4. The summed E-state index contributed by atoms with van der Waals surface area (Å²) >= 11 is 0. The third-order valence-electron chi connectivity index (χ3n) is 8.17. The maximum atomic E-state index is 13.9. The summed E-state index contributed by atoms with van der Waals surface area (Å²) in [6.07, 6.45) is 1.14. The van der Waals surface area contributed by atoms with Gasteiger partial charge in [-0.15, -0.1) is 0 Å². The Morgan fingerprint density at radius 2 is 1.09 bits per heavy atom. The average Bonchev–Trinajstić information content (AvgIpc) is 3.13. The Morgan fingerprint density at radius 1 is 0.625 bits per heavy atom. The highest BCUT2D eigenvalue weighted by Gasteiger charge is 2.32. The molecule has 0 aliphatic heterocycles. The van der Waals surface area contributed by atoms with Gasteiger partial charge in [0, 0.05) is 26.1 Å². The third-order valence-corrected chi connectivity index (χ3v) is 8.17. The summed E-state index contributed by atoms with van der Waals surface area (Å²) in [6, 6.07) is 2.75. The van der Waals surface area contributed by atoms with Gasteiger partial charge in [-0.3, -0.25) is 40.2 Å². The minimum absolute atomic E-state index is 0.00253. The van der Waals surface area contributed by atoms with Gasteiger partial charge in [-0.2, -0.15) is 0 Å². The van der Waals surface area contributed by atoms with Crippen molar-refractivity contribution < 1.29 is 33.9 Å². The second-order valence-corrected chi connectivity index (χ2v) is 13.3. The summed E-state index contributed by atoms with van der Waals surface area (Å²) < 4.78 is 0. The fourth-order valence-electron chi connectivity index (χ4n) is 5.18. The molecule has 0 saturated heterocycles. The van der Waals surface area contributed by atoms with Gasteiger partial charge in [0.25, 0.3) is 0 Å². The van der Waals surface area contributed by atoms with Crippen LogP contribution in [0.15, 0.2) is 30.3 Å². The molecule has 0 aliphatic carbocycles. The van der Waals surface area contributed by atoms with Crippen LogP contribution in [0.25, 0.3) is 0 Å². The number of nitrogens with one attached hydrogen (secondary N) is 11. The molecule has 0 heterocycles. The van der Waals surface area contributed by atoms with E-state index in [0.717, 1.165) is 0 Å². The van der Waals surface area contributed by atoms with Crippen LogP contribution < -0.4 is 65.5 Å². The molecule has 0 fully saturated rings. The van der Waals surface area contributed by atoms with E-state index >= 15 is 0 Å². The number of guanidine groups is 3. The highest BCUT2D eigenvalue weighted by Crippen LogP contribution is 2.09. The first-order valence-corrected chi connectivity index (χ1v) is 18.1. The number of carbonyl (C=O) groups excluding carboxylic acids is 5. The molecule has 5 atom stereocenters. The number of amides is 5. The van der Waals surface area contributed by atoms with Crippen LogP contribution in [-0.4, -0.2) is 115 Å². The van der Waals surface area contributed by atoms with Gasteiger partial charge in [0.15, 0.2) is 17.9 Å². The summed E-state index contributed by atoms with van der Waals surface area (Å²) in [6.45, 7) is 3.55. The van der Waals surface area contributed by atoms with Gasteiger partial charge in [-0.1, -0.05) is 44.2 Å². The van der Waals surface area contributed by atoms with Crippen LogP contribution in [0, 0.1) is 22.1 Å². The molecule has 0 aliphatic rings. The molecule has 312 valence electrons. The van der Waals surface area contributed by atoms with Crippen molar-refractivity contribution in [1.82, 2.24) is 42.5 Å². The number of hydrogen-bond acceptors (Lipinski definition) is 10. The third kappa shape index (κ3) is 20.3. The van der Waals surface area contributed by atoms with E-state index in [0.29, 0.717) is 18.5 Å². The van der Waals surface area contributed by atoms with Gasteiger partial charge in [-0.25, -0.2) is 4.79 Å². The first kappa shape index (κ1) is 47.8. The molecule has 5 amide bonds. The first-order chi connectivity index (χ1) is 26.4. The topological polar surface area (TPSA) is 395 Å². The van der Waals surface area contributed by atoms with E-state index in [2.05, 4.69) is 42.5 Å². The first-order valence-electron chi connectivity index (χ1n) is 18.1. The number of hydrogen-bond donors (Lipinski definition) is 16. The summed E-state index contributed by atoms with van der Waals surface area (Å²) in [4.78, 5) is 78.4. The molecule has 0 spiro atoms. The molecule has 22 heteroatoms. The number of carboxylic acid groups (broad SMARTS) is 1.